The normalized spacial score (nSPS) is 10.8. The minimum absolute atomic E-state index is 0.330. The van der Waals surface area contributed by atoms with E-state index in [0.717, 1.165) is 0 Å². The molecular weight excluding hydrogens is 117 g/mol. The largest absolute Gasteiger partial charge is 0.390 e. The monoisotopic (exact) mass is 121 g/mol. The van der Waals surface area contributed by atoms with Crippen LogP contribution in [-0.4, -0.2) is 6.18 Å². The molecule has 1 radical (unpaired) electrons. The molecule has 0 nitrogen and oxygen atoms in total. The van der Waals surface area contributed by atoms with Gasteiger partial charge in [-0.1, -0.05) is 5.92 Å². The minimum atomic E-state index is -4.13. The van der Waals surface area contributed by atoms with Gasteiger partial charge in [-0.3, -0.25) is 0 Å². The molecule has 45 valence electrons. The van der Waals surface area contributed by atoms with Crippen LogP contribution in [0.25, 0.3) is 0 Å². The van der Waals surface area contributed by atoms with Gasteiger partial charge >= 0.3 is 6.18 Å². The Morgan fingerprint density at radius 1 is 1.38 bits per heavy atom. The van der Waals surface area contributed by atoms with Crippen molar-refractivity contribution in [3.8, 4) is 5.92 Å². The van der Waals surface area contributed by atoms with Crippen LogP contribution in [0.15, 0.2) is 0 Å². The van der Waals surface area contributed by atoms with Crippen molar-refractivity contribution in [3.63, 3.8) is 0 Å². The summed E-state index contributed by atoms with van der Waals surface area (Å²) in [6.07, 6.45) is 0.738. The molecule has 0 unspecified atom stereocenters. The molecule has 0 saturated carbocycles. The standard InChI is InChI=1S/C5H4F3/c1-2-3-4-5(6,7)8/h3-4H2. The third kappa shape index (κ3) is 5.35. The summed E-state index contributed by atoms with van der Waals surface area (Å²) < 4.78 is 33.4. The molecule has 3 heteroatoms. The van der Waals surface area contributed by atoms with Crippen LogP contribution in [0.1, 0.15) is 12.8 Å². The number of hydrogen-bond donors (Lipinski definition) is 0. The van der Waals surface area contributed by atoms with Gasteiger partial charge in [-0.05, 0) is 6.42 Å². The first-order valence-corrected chi connectivity index (χ1v) is 2.02. The van der Waals surface area contributed by atoms with Crippen molar-refractivity contribution in [2.24, 2.45) is 0 Å². The van der Waals surface area contributed by atoms with Crippen LogP contribution in [-0.2, 0) is 0 Å². The highest BCUT2D eigenvalue weighted by molar-refractivity contribution is 4.76. The summed E-state index contributed by atoms with van der Waals surface area (Å²) in [5.41, 5.74) is 0. The maximum absolute atomic E-state index is 11.1. The van der Waals surface area contributed by atoms with Crippen molar-refractivity contribution in [1.29, 1.82) is 0 Å². The lowest BCUT2D eigenvalue weighted by Gasteiger charge is -1.99. The summed E-state index contributed by atoms with van der Waals surface area (Å²) in [6, 6.07) is 0. The van der Waals surface area contributed by atoms with Crippen molar-refractivity contribution >= 4 is 0 Å². The predicted octanol–water partition coefficient (Wildman–Crippen LogP) is 1.92. The molecule has 0 saturated heterocycles. The second-order valence-corrected chi connectivity index (χ2v) is 1.29. The summed E-state index contributed by atoms with van der Waals surface area (Å²) in [5.74, 6) is 1.65. The Hall–Kier alpha value is -0.650. The van der Waals surface area contributed by atoms with Gasteiger partial charge in [0.05, 0.1) is 6.42 Å². The fourth-order valence-corrected chi connectivity index (χ4v) is 0.204. The summed E-state index contributed by atoms with van der Waals surface area (Å²) >= 11 is 0. The minimum Gasteiger partial charge on any atom is -0.171 e. The predicted molar refractivity (Wildman–Crippen MR) is 22.4 cm³/mol. The van der Waals surface area contributed by atoms with Crippen LogP contribution >= 0.6 is 0 Å². The highest BCUT2D eigenvalue weighted by Gasteiger charge is 2.25. The molecule has 0 heterocycles. The zero-order chi connectivity index (χ0) is 6.62. The lowest BCUT2D eigenvalue weighted by Crippen LogP contribution is -2.05. The van der Waals surface area contributed by atoms with Gasteiger partial charge in [0.1, 0.15) is 0 Å². The Labute approximate surface area is 45.7 Å². The number of rotatable bonds is 1. The van der Waals surface area contributed by atoms with Gasteiger partial charge in [-0.15, -0.1) is 0 Å². The Morgan fingerprint density at radius 3 is 2.00 bits per heavy atom. The Bertz CT molecular complexity index is 95.2. The lowest BCUT2D eigenvalue weighted by atomic mass is 10.3. The van der Waals surface area contributed by atoms with Crippen LogP contribution in [0.4, 0.5) is 13.2 Å². The van der Waals surface area contributed by atoms with Crippen molar-refractivity contribution in [1.82, 2.24) is 0 Å². The molecule has 0 aromatic rings. The summed E-state index contributed by atoms with van der Waals surface area (Å²) in [4.78, 5) is 0. The van der Waals surface area contributed by atoms with E-state index in [2.05, 4.69) is 0 Å². The first-order chi connectivity index (χ1) is 3.56. The van der Waals surface area contributed by atoms with Gasteiger partial charge in [0, 0.05) is 6.42 Å². The molecular formula is C5H4F3. The van der Waals surface area contributed by atoms with Gasteiger partial charge in [-0.25, -0.2) is 0 Å². The fraction of sp³-hybridized carbons (Fsp3) is 0.600. The first-order valence-electron chi connectivity index (χ1n) is 2.02. The Morgan fingerprint density at radius 2 is 1.88 bits per heavy atom. The van der Waals surface area contributed by atoms with E-state index in [-0.39, 0.29) is 6.42 Å². The molecule has 0 aromatic carbocycles. The molecule has 0 rings (SSSR count). The number of hydrogen-bond acceptors (Lipinski definition) is 0. The average molecular weight is 121 g/mol. The van der Waals surface area contributed by atoms with Crippen LogP contribution in [0.5, 0.6) is 0 Å². The van der Waals surface area contributed by atoms with Crippen molar-refractivity contribution in [3.05, 3.63) is 6.42 Å². The second-order valence-electron chi connectivity index (χ2n) is 1.29. The maximum atomic E-state index is 11.1. The molecule has 0 bridgehead atoms. The topological polar surface area (TPSA) is 0 Å². The SMILES string of the molecule is [C]#CCCC(F)(F)F. The molecule has 0 amide bonds. The van der Waals surface area contributed by atoms with Crippen LogP contribution in [0.3, 0.4) is 0 Å². The lowest BCUT2D eigenvalue weighted by molar-refractivity contribution is -0.133. The molecule has 0 aliphatic heterocycles. The number of alkyl halides is 3. The zero-order valence-corrected chi connectivity index (χ0v) is 4.05. The van der Waals surface area contributed by atoms with E-state index >= 15 is 0 Å². The van der Waals surface area contributed by atoms with E-state index < -0.39 is 12.6 Å². The van der Waals surface area contributed by atoms with E-state index in [1.807, 2.05) is 0 Å². The third-order valence-electron chi connectivity index (χ3n) is 0.533. The maximum Gasteiger partial charge on any atom is 0.390 e. The van der Waals surface area contributed by atoms with Crippen LogP contribution < -0.4 is 0 Å². The van der Waals surface area contributed by atoms with Gasteiger partial charge < -0.3 is 0 Å². The van der Waals surface area contributed by atoms with E-state index in [9.17, 15) is 13.2 Å². The summed E-state index contributed by atoms with van der Waals surface area (Å²) in [6.45, 7) is 0. The molecule has 0 aliphatic rings. The smallest absolute Gasteiger partial charge is 0.171 e. The molecule has 0 spiro atoms. The van der Waals surface area contributed by atoms with Crippen molar-refractivity contribution in [2.45, 2.75) is 19.0 Å². The molecule has 0 N–H and O–H groups in total. The molecule has 0 fully saturated rings. The molecule has 0 aliphatic carbocycles. The quantitative estimate of drug-likeness (QED) is 0.465. The number of halogens is 3. The van der Waals surface area contributed by atoms with E-state index in [1.54, 1.807) is 5.92 Å². The second kappa shape index (κ2) is 2.61. The Balaban J connectivity index is 3.28. The highest BCUT2D eigenvalue weighted by atomic mass is 19.4. The van der Waals surface area contributed by atoms with Crippen LogP contribution in [0.2, 0.25) is 0 Å². The zero-order valence-electron chi connectivity index (χ0n) is 4.05. The van der Waals surface area contributed by atoms with E-state index in [4.69, 9.17) is 6.42 Å². The van der Waals surface area contributed by atoms with Crippen molar-refractivity contribution < 1.29 is 13.2 Å². The van der Waals surface area contributed by atoms with Crippen LogP contribution in [0, 0.1) is 12.3 Å². The van der Waals surface area contributed by atoms with Gasteiger partial charge in [0.15, 0.2) is 0 Å². The van der Waals surface area contributed by atoms with Crippen molar-refractivity contribution in [2.75, 3.05) is 0 Å². The Kier molecular flexibility index (Phi) is 2.40. The van der Waals surface area contributed by atoms with Gasteiger partial charge in [-0.2, -0.15) is 13.2 Å². The van der Waals surface area contributed by atoms with Gasteiger partial charge in [0.25, 0.3) is 0 Å². The third-order valence-corrected chi connectivity index (χ3v) is 0.533. The highest BCUT2D eigenvalue weighted by Crippen LogP contribution is 2.20. The molecule has 8 heavy (non-hydrogen) atoms. The van der Waals surface area contributed by atoms with Gasteiger partial charge in [0.2, 0.25) is 0 Å². The average Bonchev–Trinajstić information content (AvgIpc) is 1.59. The fourth-order valence-electron chi connectivity index (χ4n) is 0.204. The first kappa shape index (κ1) is 7.35. The summed E-state index contributed by atoms with van der Waals surface area (Å²) in [5, 5.41) is 0. The van der Waals surface area contributed by atoms with E-state index in [0.29, 0.717) is 0 Å². The molecule has 0 aromatic heterocycles. The summed E-state index contributed by atoms with van der Waals surface area (Å²) in [7, 11) is 0. The van der Waals surface area contributed by atoms with E-state index in [1.165, 1.54) is 0 Å². The molecule has 0 atom stereocenters.